The second-order valence-corrected chi connectivity index (χ2v) is 6.49. The summed E-state index contributed by atoms with van der Waals surface area (Å²) in [5.41, 5.74) is 4.03. The maximum Gasteiger partial charge on any atom is 0.161 e. The lowest BCUT2D eigenvalue weighted by Crippen LogP contribution is -2.13. The molecule has 1 N–H and O–H groups in total. The Labute approximate surface area is 165 Å². The topological polar surface area (TPSA) is 65.8 Å². The van der Waals surface area contributed by atoms with Crippen LogP contribution in [0.2, 0.25) is 0 Å². The van der Waals surface area contributed by atoms with Gasteiger partial charge in [0.25, 0.3) is 0 Å². The maximum absolute atomic E-state index is 5.93. The number of ether oxygens (including phenoxy) is 3. The predicted molar refractivity (Wildman–Crippen MR) is 107 cm³/mol. The molecule has 28 heavy (non-hydrogen) atoms. The summed E-state index contributed by atoms with van der Waals surface area (Å²) in [5.74, 6) is 3.05. The second-order valence-electron chi connectivity index (χ2n) is 6.49. The highest BCUT2D eigenvalue weighted by Gasteiger charge is 2.12. The molecule has 0 aliphatic rings. The summed E-state index contributed by atoms with van der Waals surface area (Å²) in [6, 6.07) is 13.9. The van der Waals surface area contributed by atoms with Crippen LogP contribution in [0.5, 0.6) is 17.2 Å². The smallest absolute Gasteiger partial charge is 0.161 e. The minimum absolute atomic E-state index is 0.392. The summed E-state index contributed by atoms with van der Waals surface area (Å²) in [5, 5.41) is 7.39. The second kappa shape index (κ2) is 9.28. The Hall–Kier alpha value is -2.99. The van der Waals surface area contributed by atoms with E-state index in [1.165, 1.54) is 0 Å². The number of aromatic nitrogens is 1. The average molecular weight is 382 g/mol. The molecule has 0 amide bonds. The first-order valence-electron chi connectivity index (χ1n) is 9.16. The van der Waals surface area contributed by atoms with E-state index in [0.717, 1.165) is 40.4 Å². The molecule has 6 heteroatoms. The minimum Gasteiger partial charge on any atom is -0.496 e. The fourth-order valence-electron chi connectivity index (χ4n) is 2.99. The maximum atomic E-state index is 5.93. The summed E-state index contributed by atoms with van der Waals surface area (Å²) in [7, 11) is 3.33. The summed E-state index contributed by atoms with van der Waals surface area (Å²) < 4.78 is 22.0. The molecule has 0 unspecified atom stereocenters. The van der Waals surface area contributed by atoms with E-state index in [0.29, 0.717) is 24.7 Å². The Kier molecular flexibility index (Phi) is 6.55. The molecule has 0 saturated carbocycles. The highest BCUT2D eigenvalue weighted by molar-refractivity contribution is 5.43. The van der Waals surface area contributed by atoms with Gasteiger partial charge >= 0.3 is 0 Å². The van der Waals surface area contributed by atoms with Crippen molar-refractivity contribution in [2.45, 2.75) is 33.5 Å². The first-order valence-corrected chi connectivity index (χ1v) is 9.16. The number of benzene rings is 2. The molecule has 6 nitrogen and oxygen atoms in total. The van der Waals surface area contributed by atoms with E-state index >= 15 is 0 Å². The zero-order chi connectivity index (χ0) is 19.9. The van der Waals surface area contributed by atoms with Crippen molar-refractivity contribution < 1.29 is 18.7 Å². The Morgan fingerprint density at radius 2 is 1.71 bits per heavy atom. The van der Waals surface area contributed by atoms with Gasteiger partial charge in [0.05, 0.1) is 25.5 Å². The third kappa shape index (κ3) is 4.64. The van der Waals surface area contributed by atoms with Crippen LogP contribution in [0.4, 0.5) is 0 Å². The normalized spacial score (nSPS) is 10.7. The predicted octanol–water partition coefficient (Wildman–Crippen LogP) is 4.18. The molecule has 0 saturated heterocycles. The number of nitrogens with zero attached hydrogens (tertiary/aromatic N) is 1. The van der Waals surface area contributed by atoms with Crippen molar-refractivity contribution in [1.29, 1.82) is 0 Å². The molecule has 3 aromatic rings. The Balaban J connectivity index is 1.61. The lowest BCUT2D eigenvalue weighted by atomic mass is 10.1. The Bertz CT molecular complexity index is 901. The molecular weight excluding hydrogens is 356 g/mol. The zero-order valence-electron chi connectivity index (χ0n) is 16.7. The van der Waals surface area contributed by atoms with E-state index in [1.807, 2.05) is 50.2 Å². The van der Waals surface area contributed by atoms with Gasteiger partial charge in [-0.1, -0.05) is 29.4 Å². The zero-order valence-corrected chi connectivity index (χ0v) is 16.7. The Morgan fingerprint density at radius 1 is 0.929 bits per heavy atom. The lowest BCUT2D eigenvalue weighted by molar-refractivity contribution is 0.281. The van der Waals surface area contributed by atoms with Gasteiger partial charge in [0, 0.05) is 18.7 Å². The minimum atomic E-state index is 0.392. The fraction of sp³-hybridized carbons (Fsp3) is 0.318. The quantitative estimate of drug-likeness (QED) is 0.599. The molecular formula is C22H26N2O4. The number of hydrogen-bond donors (Lipinski definition) is 1. The molecule has 0 aliphatic heterocycles. The van der Waals surface area contributed by atoms with Gasteiger partial charge in [-0.15, -0.1) is 0 Å². The van der Waals surface area contributed by atoms with E-state index in [9.17, 15) is 0 Å². The van der Waals surface area contributed by atoms with Gasteiger partial charge in [0.15, 0.2) is 11.5 Å². The number of nitrogens with one attached hydrogen (secondary N) is 1. The SMILES string of the molecule is COc1ccccc1CNCc1ccc(OCc2c(C)noc2C)c(OC)c1. The van der Waals surface area contributed by atoms with Crippen molar-refractivity contribution in [3.63, 3.8) is 0 Å². The van der Waals surface area contributed by atoms with E-state index < -0.39 is 0 Å². The highest BCUT2D eigenvalue weighted by Crippen LogP contribution is 2.29. The van der Waals surface area contributed by atoms with Crippen molar-refractivity contribution in [1.82, 2.24) is 10.5 Å². The van der Waals surface area contributed by atoms with Gasteiger partial charge in [-0.3, -0.25) is 0 Å². The van der Waals surface area contributed by atoms with Gasteiger partial charge in [0.2, 0.25) is 0 Å². The molecule has 0 bridgehead atoms. The van der Waals surface area contributed by atoms with Gasteiger partial charge in [-0.25, -0.2) is 0 Å². The third-order valence-electron chi connectivity index (χ3n) is 4.62. The fourth-order valence-corrected chi connectivity index (χ4v) is 2.99. The molecule has 1 heterocycles. The van der Waals surface area contributed by atoms with Crippen molar-refractivity contribution in [2.24, 2.45) is 0 Å². The van der Waals surface area contributed by atoms with E-state index in [1.54, 1.807) is 14.2 Å². The summed E-state index contributed by atoms with van der Waals surface area (Å²) >= 11 is 0. The summed E-state index contributed by atoms with van der Waals surface area (Å²) in [6.07, 6.45) is 0. The molecule has 0 atom stereocenters. The molecule has 148 valence electrons. The molecule has 3 rings (SSSR count). The molecule has 0 spiro atoms. The summed E-state index contributed by atoms with van der Waals surface area (Å²) in [6.45, 7) is 5.60. The molecule has 0 fully saturated rings. The van der Waals surface area contributed by atoms with E-state index in [2.05, 4.69) is 16.5 Å². The van der Waals surface area contributed by atoms with E-state index in [4.69, 9.17) is 18.7 Å². The first-order chi connectivity index (χ1) is 13.6. The van der Waals surface area contributed by atoms with Crippen LogP contribution in [0, 0.1) is 13.8 Å². The van der Waals surface area contributed by atoms with Gasteiger partial charge in [-0.2, -0.15) is 0 Å². The van der Waals surface area contributed by atoms with Crippen LogP contribution >= 0.6 is 0 Å². The van der Waals surface area contributed by atoms with Crippen LogP contribution in [-0.2, 0) is 19.7 Å². The average Bonchev–Trinajstić information content (AvgIpc) is 3.04. The molecule has 1 aromatic heterocycles. The monoisotopic (exact) mass is 382 g/mol. The van der Waals surface area contributed by atoms with Gasteiger partial charge < -0.3 is 24.1 Å². The lowest BCUT2D eigenvalue weighted by Gasteiger charge is -2.13. The van der Waals surface area contributed by atoms with Crippen LogP contribution in [-0.4, -0.2) is 19.4 Å². The molecule has 0 aliphatic carbocycles. The van der Waals surface area contributed by atoms with Crippen molar-refractivity contribution in [2.75, 3.05) is 14.2 Å². The van der Waals surface area contributed by atoms with E-state index in [-0.39, 0.29) is 0 Å². The van der Waals surface area contributed by atoms with Gasteiger partial charge in [0.1, 0.15) is 18.1 Å². The largest absolute Gasteiger partial charge is 0.496 e. The van der Waals surface area contributed by atoms with Crippen molar-refractivity contribution in [3.8, 4) is 17.2 Å². The highest BCUT2D eigenvalue weighted by atomic mass is 16.5. The number of aryl methyl sites for hydroxylation is 2. The van der Waals surface area contributed by atoms with Gasteiger partial charge in [-0.05, 0) is 37.6 Å². The van der Waals surface area contributed by atoms with Crippen LogP contribution in [0.1, 0.15) is 28.1 Å². The number of para-hydroxylation sites is 1. The Morgan fingerprint density at radius 3 is 2.43 bits per heavy atom. The third-order valence-corrected chi connectivity index (χ3v) is 4.62. The standard InChI is InChI=1S/C22H26N2O4/c1-15-19(16(2)28-24-15)14-27-21-10-9-17(11-22(21)26-4)12-23-13-18-7-5-6-8-20(18)25-3/h5-11,23H,12-14H2,1-4H3. The number of methoxy groups -OCH3 is 2. The summed E-state index contributed by atoms with van der Waals surface area (Å²) in [4.78, 5) is 0. The van der Waals surface area contributed by atoms with Crippen LogP contribution in [0.3, 0.4) is 0 Å². The van der Waals surface area contributed by atoms with Crippen LogP contribution in [0.15, 0.2) is 47.0 Å². The first kappa shape index (κ1) is 19.8. The molecule has 2 aromatic carbocycles. The van der Waals surface area contributed by atoms with Crippen LogP contribution < -0.4 is 19.5 Å². The van der Waals surface area contributed by atoms with Crippen molar-refractivity contribution in [3.05, 3.63) is 70.6 Å². The number of rotatable bonds is 9. The molecule has 0 radical (unpaired) electrons. The van der Waals surface area contributed by atoms with Crippen molar-refractivity contribution >= 4 is 0 Å². The number of hydrogen-bond acceptors (Lipinski definition) is 6. The van der Waals surface area contributed by atoms with Crippen LogP contribution in [0.25, 0.3) is 0 Å².